The van der Waals surface area contributed by atoms with Gasteiger partial charge in [-0.15, -0.1) is 0 Å². The van der Waals surface area contributed by atoms with E-state index in [4.69, 9.17) is 4.74 Å². The predicted molar refractivity (Wildman–Crippen MR) is 53.6 cm³/mol. The molecule has 0 aliphatic carbocycles. The van der Waals surface area contributed by atoms with Crippen LogP contribution in [0, 0.1) is 0 Å². The van der Waals surface area contributed by atoms with E-state index in [0.29, 0.717) is 6.61 Å². The highest BCUT2D eigenvalue weighted by molar-refractivity contribution is 5.76. The molecule has 0 bridgehead atoms. The van der Waals surface area contributed by atoms with Crippen LogP contribution in [0.1, 0.15) is 39.0 Å². The Bertz CT molecular complexity index is 126. The fraction of sp³-hybridized carbons (Fsp3) is 0.900. The number of carbonyl (C=O) groups excluding carboxylic acids is 1. The molecule has 0 aromatic heterocycles. The zero-order chi connectivity index (χ0) is 9.94. The van der Waals surface area contributed by atoms with Crippen molar-refractivity contribution < 1.29 is 9.53 Å². The van der Waals surface area contributed by atoms with E-state index >= 15 is 0 Å². The number of likely N-dealkylation sites (N-methyl/N-ethyl adjacent to an activating group) is 1. The third-order valence-electron chi connectivity index (χ3n) is 1.90. The summed E-state index contributed by atoms with van der Waals surface area (Å²) in [7, 11) is 1.62. The maximum Gasteiger partial charge on any atom is 0.245 e. The molecular formula is C10H21NO2. The SMILES string of the molecule is CCCCCCCOCC(=O)NC. The van der Waals surface area contributed by atoms with Crippen LogP contribution in [0.5, 0.6) is 0 Å². The van der Waals surface area contributed by atoms with Crippen LogP contribution >= 0.6 is 0 Å². The Morgan fingerprint density at radius 1 is 1.23 bits per heavy atom. The van der Waals surface area contributed by atoms with Crippen molar-refractivity contribution in [1.82, 2.24) is 5.32 Å². The largest absolute Gasteiger partial charge is 0.372 e. The van der Waals surface area contributed by atoms with E-state index in [9.17, 15) is 4.79 Å². The van der Waals surface area contributed by atoms with E-state index in [2.05, 4.69) is 12.2 Å². The normalized spacial score (nSPS) is 10.0. The second-order valence-corrected chi connectivity index (χ2v) is 3.14. The first-order chi connectivity index (χ1) is 6.31. The van der Waals surface area contributed by atoms with Crippen LogP contribution in [0.15, 0.2) is 0 Å². The molecule has 0 atom stereocenters. The molecule has 13 heavy (non-hydrogen) atoms. The van der Waals surface area contributed by atoms with Gasteiger partial charge >= 0.3 is 0 Å². The van der Waals surface area contributed by atoms with Crippen molar-refractivity contribution in [2.75, 3.05) is 20.3 Å². The van der Waals surface area contributed by atoms with Gasteiger partial charge in [0.25, 0.3) is 0 Å². The summed E-state index contributed by atoms with van der Waals surface area (Å²) >= 11 is 0. The van der Waals surface area contributed by atoms with Crippen molar-refractivity contribution in [1.29, 1.82) is 0 Å². The van der Waals surface area contributed by atoms with Crippen LogP contribution < -0.4 is 5.32 Å². The quantitative estimate of drug-likeness (QED) is 0.588. The standard InChI is InChI=1S/C10H21NO2/c1-3-4-5-6-7-8-13-9-10(12)11-2/h3-9H2,1-2H3,(H,11,12). The zero-order valence-corrected chi connectivity index (χ0v) is 8.77. The van der Waals surface area contributed by atoms with E-state index < -0.39 is 0 Å². The van der Waals surface area contributed by atoms with Gasteiger partial charge in [-0.2, -0.15) is 0 Å². The molecule has 0 spiro atoms. The first kappa shape index (κ1) is 12.4. The lowest BCUT2D eigenvalue weighted by molar-refractivity contribution is -0.125. The summed E-state index contributed by atoms with van der Waals surface area (Å²) in [6.45, 7) is 3.10. The highest BCUT2D eigenvalue weighted by Gasteiger charge is 1.96. The molecule has 0 heterocycles. The molecular weight excluding hydrogens is 166 g/mol. The van der Waals surface area contributed by atoms with Crippen molar-refractivity contribution in [2.24, 2.45) is 0 Å². The molecule has 0 radical (unpaired) electrons. The number of nitrogens with one attached hydrogen (secondary N) is 1. The Hall–Kier alpha value is -0.570. The van der Waals surface area contributed by atoms with Crippen LogP contribution in [-0.2, 0) is 9.53 Å². The lowest BCUT2D eigenvalue weighted by Gasteiger charge is -2.02. The van der Waals surface area contributed by atoms with Crippen molar-refractivity contribution >= 4 is 5.91 Å². The van der Waals surface area contributed by atoms with E-state index in [-0.39, 0.29) is 12.5 Å². The lowest BCUT2D eigenvalue weighted by Crippen LogP contribution is -2.23. The molecule has 0 saturated carbocycles. The van der Waals surface area contributed by atoms with Crippen LogP contribution in [0.4, 0.5) is 0 Å². The minimum absolute atomic E-state index is 0.0476. The smallest absolute Gasteiger partial charge is 0.245 e. The molecule has 1 N–H and O–H groups in total. The van der Waals surface area contributed by atoms with Gasteiger partial charge in [-0.1, -0.05) is 32.6 Å². The molecule has 3 heteroatoms. The minimum atomic E-state index is -0.0476. The van der Waals surface area contributed by atoms with Crippen LogP contribution in [0.3, 0.4) is 0 Å². The molecule has 78 valence electrons. The monoisotopic (exact) mass is 187 g/mol. The molecule has 0 saturated heterocycles. The molecule has 0 aromatic carbocycles. The number of hydrogen-bond donors (Lipinski definition) is 1. The summed E-state index contributed by atoms with van der Waals surface area (Å²) in [6, 6.07) is 0. The summed E-state index contributed by atoms with van der Waals surface area (Å²) in [5, 5.41) is 2.51. The van der Waals surface area contributed by atoms with E-state index in [1.165, 1.54) is 25.7 Å². The number of hydrogen-bond acceptors (Lipinski definition) is 2. The van der Waals surface area contributed by atoms with Gasteiger partial charge in [0.1, 0.15) is 6.61 Å². The predicted octanol–water partition coefficient (Wildman–Crippen LogP) is 1.72. The van der Waals surface area contributed by atoms with Crippen LogP contribution in [0.2, 0.25) is 0 Å². The summed E-state index contributed by atoms with van der Waals surface area (Å²) < 4.78 is 5.15. The highest BCUT2D eigenvalue weighted by atomic mass is 16.5. The van der Waals surface area contributed by atoms with Gasteiger partial charge in [0.15, 0.2) is 0 Å². The second kappa shape index (κ2) is 9.52. The Balaban J connectivity index is 2.95. The second-order valence-electron chi connectivity index (χ2n) is 3.14. The average Bonchev–Trinajstić information content (AvgIpc) is 2.16. The Kier molecular flexibility index (Phi) is 9.10. The third kappa shape index (κ3) is 9.34. The third-order valence-corrected chi connectivity index (χ3v) is 1.90. The summed E-state index contributed by atoms with van der Waals surface area (Å²) in [5.74, 6) is -0.0476. The van der Waals surface area contributed by atoms with Crippen molar-refractivity contribution in [3.05, 3.63) is 0 Å². The number of unbranched alkanes of at least 4 members (excludes halogenated alkanes) is 4. The summed E-state index contributed by atoms with van der Waals surface area (Å²) in [4.78, 5) is 10.7. The fourth-order valence-electron chi connectivity index (χ4n) is 1.04. The highest BCUT2D eigenvalue weighted by Crippen LogP contribution is 2.01. The Labute approximate surface area is 80.8 Å². The number of rotatable bonds is 8. The van der Waals surface area contributed by atoms with Gasteiger partial charge in [-0.25, -0.2) is 0 Å². The lowest BCUT2D eigenvalue weighted by atomic mass is 10.2. The molecule has 0 aromatic rings. The van der Waals surface area contributed by atoms with Gasteiger partial charge in [0, 0.05) is 13.7 Å². The van der Waals surface area contributed by atoms with Gasteiger partial charge < -0.3 is 10.1 Å². The zero-order valence-electron chi connectivity index (χ0n) is 8.77. The maximum atomic E-state index is 10.7. The van der Waals surface area contributed by atoms with Gasteiger partial charge in [0.2, 0.25) is 5.91 Å². The summed E-state index contributed by atoms with van der Waals surface area (Å²) in [5.41, 5.74) is 0. The first-order valence-corrected chi connectivity index (χ1v) is 5.09. The van der Waals surface area contributed by atoms with Crippen LogP contribution in [0.25, 0.3) is 0 Å². The molecule has 0 unspecified atom stereocenters. The van der Waals surface area contributed by atoms with Gasteiger partial charge in [0.05, 0.1) is 0 Å². The molecule has 1 amide bonds. The van der Waals surface area contributed by atoms with Gasteiger partial charge in [-0.3, -0.25) is 4.79 Å². The van der Waals surface area contributed by atoms with E-state index in [1.807, 2.05) is 0 Å². The van der Waals surface area contributed by atoms with Gasteiger partial charge in [-0.05, 0) is 6.42 Å². The molecule has 0 aliphatic rings. The van der Waals surface area contributed by atoms with Crippen molar-refractivity contribution in [3.63, 3.8) is 0 Å². The number of carbonyl (C=O) groups is 1. The average molecular weight is 187 g/mol. The Morgan fingerprint density at radius 3 is 2.54 bits per heavy atom. The molecule has 0 rings (SSSR count). The Morgan fingerprint density at radius 2 is 1.92 bits per heavy atom. The number of amides is 1. The maximum absolute atomic E-state index is 10.7. The molecule has 0 fully saturated rings. The van der Waals surface area contributed by atoms with E-state index in [1.54, 1.807) is 7.05 Å². The van der Waals surface area contributed by atoms with E-state index in [0.717, 1.165) is 6.42 Å². The molecule has 3 nitrogen and oxygen atoms in total. The summed E-state index contributed by atoms with van der Waals surface area (Å²) in [6.07, 6.45) is 6.12. The van der Waals surface area contributed by atoms with Crippen LogP contribution in [-0.4, -0.2) is 26.2 Å². The van der Waals surface area contributed by atoms with Crippen molar-refractivity contribution in [2.45, 2.75) is 39.0 Å². The molecule has 0 aliphatic heterocycles. The fourth-order valence-corrected chi connectivity index (χ4v) is 1.04. The first-order valence-electron chi connectivity index (χ1n) is 5.09. The number of ether oxygens (including phenoxy) is 1. The minimum Gasteiger partial charge on any atom is -0.372 e. The topological polar surface area (TPSA) is 38.3 Å². The van der Waals surface area contributed by atoms with Crippen molar-refractivity contribution in [3.8, 4) is 0 Å².